The largest absolute Gasteiger partial charge is 0.478 e. The lowest BCUT2D eigenvalue weighted by Crippen LogP contribution is -2.49. The number of nitrogens with two attached hydrogens (primary N) is 1. The summed E-state index contributed by atoms with van der Waals surface area (Å²) in [6, 6.07) is 12.5. The van der Waals surface area contributed by atoms with Crippen molar-refractivity contribution in [3.8, 4) is 16.8 Å². The highest BCUT2D eigenvalue weighted by molar-refractivity contribution is 7.15. The van der Waals surface area contributed by atoms with Gasteiger partial charge in [0.1, 0.15) is 16.9 Å². The molecule has 1 fully saturated rings. The van der Waals surface area contributed by atoms with E-state index in [4.69, 9.17) is 22.3 Å². The molecule has 0 unspecified atom stereocenters. The lowest BCUT2D eigenvalue weighted by Gasteiger charge is -2.36. The number of nitrogens with zero attached hydrogens (tertiary/aromatic N) is 6. The van der Waals surface area contributed by atoms with Crippen molar-refractivity contribution in [2.75, 3.05) is 37.6 Å². The molecule has 0 saturated carbocycles. The minimum atomic E-state index is -1.00. The van der Waals surface area contributed by atoms with Crippen molar-refractivity contribution in [3.05, 3.63) is 91.8 Å². The van der Waals surface area contributed by atoms with Gasteiger partial charge in [0.15, 0.2) is 5.82 Å². The summed E-state index contributed by atoms with van der Waals surface area (Å²) in [7, 11) is 0. The Morgan fingerprint density at radius 1 is 1.00 bits per heavy atom. The molecule has 4 heterocycles. The molecule has 4 aromatic rings. The summed E-state index contributed by atoms with van der Waals surface area (Å²) in [5, 5.41) is 20.6. The topological polar surface area (TPSA) is 130 Å². The van der Waals surface area contributed by atoms with Crippen LogP contribution in [0, 0.1) is 32.6 Å². The lowest BCUT2D eigenvalue weighted by molar-refractivity contribution is -0.131. The van der Waals surface area contributed by atoms with Crippen LogP contribution in [0.1, 0.15) is 93.7 Å². The molecule has 0 aliphatic carbocycles. The number of aryl methyl sites for hydroxylation is 2. The van der Waals surface area contributed by atoms with Crippen LogP contribution in [0.5, 0.6) is 0 Å². The molecular formula is C38H42ClN7O3S. The van der Waals surface area contributed by atoms with Gasteiger partial charge in [-0.15, -0.1) is 21.5 Å². The molecule has 1 amide bonds. The van der Waals surface area contributed by atoms with Gasteiger partial charge in [0.05, 0.1) is 17.7 Å². The predicted octanol–water partition coefficient (Wildman–Crippen LogP) is 6.50. The van der Waals surface area contributed by atoms with Crippen LogP contribution in [0.3, 0.4) is 0 Å². The minimum Gasteiger partial charge on any atom is -0.478 e. The smallest absolute Gasteiger partial charge is 0.337 e. The van der Waals surface area contributed by atoms with Crippen molar-refractivity contribution in [2.45, 2.75) is 65.3 Å². The highest BCUT2D eigenvalue weighted by Crippen LogP contribution is 2.40. The average Bonchev–Trinajstić information content (AvgIpc) is 3.59. The fourth-order valence-corrected chi connectivity index (χ4v) is 7.86. The first-order valence-corrected chi connectivity index (χ1v) is 18.3. The monoisotopic (exact) mass is 711 g/mol. The molecule has 0 bridgehead atoms. The van der Waals surface area contributed by atoms with Gasteiger partial charge >= 0.3 is 5.97 Å². The number of carboxylic acids is 1. The van der Waals surface area contributed by atoms with Crippen LogP contribution in [0.25, 0.3) is 5.00 Å². The Labute approximate surface area is 302 Å². The molecule has 3 N–H and O–H groups in total. The Bertz CT molecular complexity index is 1980. The number of carbonyl (C=O) groups excluding carboxylic acids is 1. The number of amides is 1. The van der Waals surface area contributed by atoms with Crippen molar-refractivity contribution >= 4 is 46.2 Å². The zero-order chi connectivity index (χ0) is 35.4. The number of benzene rings is 2. The van der Waals surface area contributed by atoms with Crippen molar-refractivity contribution in [3.63, 3.8) is 0 Å². The standard InChI is InChI=1S/C38H42ClN7O3S/c1-24-25(2)50-37-34(24)35(28-11-14-29(39)15-12-28)41-32(36-43-42-26(3)46(36)37)23-33(47)45-20-18-44(19-21-45)30-16-13-27(31(22-30)38(48)49)10-8-6-4-5-7-9-17-40/h11-16,22,32H,4-7,9,17-21,23,40H2,1-3H3,(H,48,49)/t32-/m0/s1. The van der Waals surface area contributed by atoms with E-state index in [1.54, 1.807) is 23.5 Å². The fourth-order valence-electron chi connectivity index (χ4n) is 6.52. The highest BCUT2D eigenvalue weighted by atomic mass is 35.5. The number of aliphatic imine (C=N–C) groups is 1. The molecule has 1 saturated heterocycles. The minimum absolute atomic E-state index is 0.0147. The summed E-state index contributed by atoms with van der Waals surface area (Å²) in [6.07, 6.45) is 5.01. The maximum atomic E-state index is 13.9. The number of hydrogen-bond donors (Lipinski definition) is 2. The number of thiophene rings is 1. The molecule has 50 heavy (non-hydrogen) atoms. The predicted molar refractivity (Wildman–Crippen MR) is 199 cm³/mol. The third-order valence-electron chi connectivity index (χ3n) is 9.44. The number of carboxylic acid groups (broad SMARTS) is 1. The zero-order valence-corrected chi connectivity index (χ0v) is 30.3. The molecule has 2 aliphatic rings. The first-order valence-electron chi connectivity index (χ1n) is 17.1. The molecule has 2 aromatic heterocycles. The number of unbranched alkanes of at least 4 members (excludes halogenated alkanes) is 4. The molecular weight excluding hydrogens is 670 g/mol. The molecule has 6 rings (SSSR count). The van der Waals surface area contributed by atoms with E-state index in [1.165, 1.54) is 4.88 Å². The van der Waals surface area contributed by atoms with Gasteiger partial charge in [-0.1, -0.05) is 48.4 Å². The van der Waals surface area contributed by atoms with Crippen LogP contribution in [0.2, 0.25) is 5.02 Å². The molecule has 0 radical (unpaired) electrons. The number of anilines is 1. The number of hydrogen-bond acceptors (Lipinski definition) is 8. The van der Waals surface area contributed by atoms with Crippen LogP contribution >= 0.6 is 22.9 Å². The number of carbonyl (C=O) groups is 2. The van der Waals surface area contributed by atoms with E-state index >= 15 is 0 Å². The van der Waals surface area contributed by atoms with E-state index in [-0.39, 0.29) is 17.9 Å². The summed E-state index contributed by atoms with van der Waals surface area (Å²) in [5.74, 6) is 6.57. The molecule has 0 spiro atoms. The Kier molecular flexibility index (Phi) is 11.0. The molecule has 260 valence electrons. The SMILES string of the molecule is Cc1sc2c(c1C)C(c1ccc(Cl)cc1)=N[C@@H](CC(=O)N1CCN(c3ccc(C#CCCCCCCN)c(C(=O)O)c3)CC1)c1nnc(C)n1-2. The summed E-state index contributed by atoms with van der Waals surface area (Å²) in [5.41, 5.74) is 11.0. The van der Waals surface area contributed by atoms with Crippen molar-refractivity contribution in [2.24, 2.45) is 10.7 Å². The Morgan fingerprint density at radius 3 is 2.46 bits per heavy atom. The number of fused-ring (bicyclic) bond motifs is 3. The van der Waals surface area contributed by atoms with Crippen molar-refractivity contribution in [1.29, 1.82) is 0 Å². The number of aromatic nitrogens is 3. The van der Waals surface area contributed by atoms with Gasteiger partial charge in [-0.25, -0.2) is 4.79 Å². The van der Waals surface area contributed by atoms with E-state index in [9.17, 15) is 14.7 Å². The van der Waals surface area contributed by atoms with Crippen LogP contribution < -0.4 is 10.6 Å². The summed E-state index contributed by atoms with van der Waals surface area (Å²) < 4.78 is 2.06. The van der Waals surface area contributed by atoms with Gasteiger partial charge in [0, 0.05) is 64.9 Å². The molecule has 10 nitrogen and oxygen atoms in total. The van der Waals surface area contributed by atoms with Crippen molar-refractivity contribution in [1.82, 2.24) is 19.7 Å². The lowest BCUT2D eigenvalue weighted by atomic mass is 9.99. The third-order valence-corrected chi connectivity index (χ3v) is 10.9. The molecule has 12 heteroatoms. The van der Waals surface area contributed by atoms with E-state index in [2.05, 4.69) is 45.4 Å². The van der Waals surface area contributed by atoms with Crippen LogP contribution in [-0.4, -0.2) is 75.1 Å². The van der Waals surface area contributed by atoms with Gasteiger partial charge in [0.25, 0.3) is 0 Å². The van der Waals surface area contributed by atoms with Gasteiger partial charge < -0.3 is 20.6 Å². The van der Waals surface area contributed by atoms with Gasteiger partial charge in [-0.05, 0) is 76.1 Å². The number of piperazine rings is 1. The zero-order valence-electron chi connectivity index (χ0n) is 28.7. The molecule has 1 atom stereocenters. The van der Waals surface area contributed by atoms with Crippen LogP contribution in [-0.2, 0) is 4.79 Å². The molecule has 2 aliphatic heterocycles. The number of aromatic carboxylic acids is 1. The van der Waals surface area contributed by atoms with Gasteiger partial charge in [-0.3, -0.25) is 14.4 Å². The Hall–Kier alpha value is -4.50. The van der Waals surface area contributed by atoms with Gasteiger partial charge in [0.2, 0.25) is 5.91 Å². The summed E-state index contributed by atoms with van der Waals surface area (Å²) >= 11 is 7.93. The van der Waals surface area contributed by atoms with E-state index in [0.717, 1.165) is 71.0 Å². The maximum Gasteiger partial charge on any atom is 0.337 e. The molecule has 2 aromatic carbocycles. The summed E-state index contributed by atoms with van der Waals surface area (Å²) in [6.45, 7) is 9.00. The quantitative estimate of drug-likeness (QED) is 0.142. The second-order valence-electron chi connectivity index (χ2n) is 12.8. The van der Waals surface area contributed by atoms with Crippen LogP contribution in [0.4, 0.5) is 5.69 Å². The van der Waals surface area contributed by atoms with Crippen molar-refractivity contribution < 1.29 is 14.7 Å². The fraction of sp³-hybridized carbons (Fsp3) is 0.395. The Balaban J connectivity index is 1.17. The maximum absolute atomic E-state index is 13.9. The third kappa shape index (κ3) is 7.48. The first-order chi connectivity index (χ1) is 24.2. The van der Waals surface area contributed by atoms with Gasteiger partial charge in [-0.2, -0.15) is 0 Å². The van der Waals surface area contributed by atoms with E-state index in [1.807, 2.05) is 42.2 Å². The second-order valence-corrected chi connectivity index (χ2v) is 14.4. The van der Waals surface area contributed by atoms with E-state index < -0.39 is 12.0 Å². The second kappa shape index (κ2) is 15.6. The van der Waals surface area contributed by atoms with Crippen LogP contribution in [0.15, 0.2) is 47.5 Å². The number of halogens is 1. The average molecular weight is 712 g/mol. The first kappa shape index (κ1) is 35.3. The number of rotatable bonds is 10. The summed E-state index contributed by atoms with van der Waals surface area (Å²) in [4.78, 5) is 36.5. The normalized spacial score (nSPS) is 15.5. The van der Waals surface area contributed by atoms with E-state index in [0.29, 0.717) is 49.1 Å². The highest BCUT2D eigenvalue weighted by Gasteiger charge is 2.34. The Morgan fingerprint density at radius 2 is 1.74 bits per heavy atom.